The molecule has 1 aliphatic rings. The molecule has 1 fully saturated rings. The minimum absolute atomic E-state index is 0.359. The second-order valence-corrected chi connectivity index (χ2v) is 4.66. The number of alkyl halides is 1. The number of hydrogen-bond donors (Lipinski definition) is 0. The third-order valence-electron chi connectivity index (χ3n) is 3.10. The molecule has 0 aromatic heterocycles. The van der Waals surface area contributed by atoms with Crippen molar-refractivity contribution in [1.29, 1.82) is 0 Å². The maximum atomic E-state index is 5.79. The lowest BCUT2D eigenvalue weighted by molar-refractivity contribution is 0.0899. The summed E-state index contributed by atoms with van der Waals surface area (Å²) in [6.07, 6.45) is 3.60. The Balaban J connectivity index is 1.87. The molecule has 0 saturated carbocycles. The highest BCUT2D eigenvalue weighted by atomic mass is 35.5. The zero-order valence-corrected chi connectivity index (χ0v) is 11.4. The van der Waals surface area contributed by atoms with Crippen LogP contribution in [0.3, 0.4) is 0 Å². The van der Waals surface area contributed by atoms with Crippen LogP contribution in [-0.4, -0.2) is 26.4 Å². The van der Waals surface area contributed by atoms with Crippen LogP contribution in [0.25, 0.3) is 0 Å². The highest BCUT2D eigenvalue weighted by Crippen LogP contribution is 2.29. The third-order valence-corrected chi connectivity index (χ3v) is 3.41. The Morgan fingerprint density at radius 3 is 2.94 bits per heavy atom. The Morgan fingerprint density at radius 1 is 1.39 bits per heavy atom. The second kappa shape index (κ2) is 6.86. The summed E-state index contributed by atoms with van der Waals surface area (Å²) in [6.45, 7) is 1.54. The number of hydrogen-bond acceptors (Lipinski definition) is 3. The third kappa shape index (κ3) is 3.53. The molecular weight excluding hydrogens is 252 g/mol. The van der Waals surface area contributed by atoms with Gasteiger partial charge in [-0.15, -0.1) is 11.6 Å². The number of rotatable bonds is 6. The molecule has 1 saturated heterocycles. The molecule has 1 aromatic carbocycles. The fourth-order valence-electron chi connectivity index (χ4n) is 2.09. The lowest BCUT2D eigenvalue weighted by Gasteiger charge is -2.13. The van der Waals surface area contributed by atoms with Crippen molar-refractivity contribution < 1.29 is 14.2 Å². The van der Waals surface area contributed by atoms with Gasteiger partial charge >= 0.3 is 0 Å². The van der Waals surface area contributed by atoms with E-state index in [1.807, 2.05) is 18.2 Å². The van der Waals surface area contributed by atoms with Crippen molar-refractivity contribution >= 4 is 11.6 Å². The van der Waals surface area contributed by atoms with E-state index in [-0.39, 0.29) is 0 Å². The predicted molar refractivity (Wildman–Crippen MR) is 71.6 cm³/mol. The van der Waals surface area contributed by atoms with Crippen LogP contribution in [0.2, 0.25) is 0 Å². The lowest BCUT2D eigenvalue weighted by atomic mass is 10.2. The van der Waals surface area contributed by atoms with Gasteiger partial charge in [0.25, 0.3) is 0 Å². The molecule has 0 amide bonds. The van der Waals surface area contributed by atoms with Gasteiger partial charge in [-0.25, -0.2) is 0 Å². The van der Waals surface area contributed by atoms with E-state index in [0.717, 1.165) is 36.5 Å². The average molecular weight is 271 g/mol. The minimum Gasteiger partial charge on any atom is -0.493 e. The van der Waals surface area contributed by atoms with E-state index in [1.165, 1.54) is 6.42 Å². The monoisotopic (exact) mass is 270 g/mol. The predicted octanol–water partition coefficient (Wildman–Crippen LogP) is 3.38. The molecule has 1 heterocycles. The molecule has 4 heteroatoms. The molecule has 0 aliphatic carbocycles. The zero-order valence-electron chi connectivity index (χ0n) is 10.7. The Kier molecular flexibility index (Phi) is 5.14. The van der Waals surface area contributed by atoms with E-state index in [2.05, 4.69) is 0 Å². The van der Waals surface area contributed by atoms with E-state index < -0.39 is 0 Å². The van der Waals surface area contributed by atoms with Gasteiger partial charge < -0.3 is 14.2 Å². The van der Waals surface area contributed by atoms with Crippen molar-refractivity contribution in [2.75, 3.05) is 20.3 Å². The average Bonchev–Trinajstić information content (AvgIpc) is 2.92. The van der Waals surface area contributed by atoms with Crippen molar-refractivity contribution in [2.45, 2.75) is 31.2 Å². The molecule has 18 heavy (non-hydrogen) atoms. The van der Waals surface area contributed by atoms with Gasteiger partial charge in [-0.05, 0) is 30.5 Å². The van der Waals surface area contributed by atoms with Crippen LogP contribution < -0.4 is 9.47 Å². The van der Waals surface area contributed by atoms with Gasteiger partial charge in [-0.2, -0.15) is 0 Å². The SMILES string of the molecule is COc1cc(CCl)ccc1OCCC1CCCO1. The van der Waals surface area contributed by atoms with Crippen LogP contribution in [0.1, 0.15) is 24.8 Å². The summed E-state index contributed by atoms with van der Waals surface area (Å²) in [7, 11) is 1.64. The van der Waals surface area contributed by atoms with E-state index in [4.69, 9.17) is 25.8 Å². The van der Waals surface area contributed by atoms with Crippen molar-refractivity contribution in [3.05, 3.63) is 23.8 Å². The molecular formula is C14H19ClO3. The summed E-state index contributed by atoms with van der Waals surface area (Å²) in [5.41, 5.74) is 1.03. The summed E-state index contributed by atoms with van der Waals surface area (Å²) in [4.78, 5) is 0. The molecule has 1 aliphatic heterocycles. The van der Waals surface area contributed by atoms with Gasteiger partial charge in [0.2, 0.25) is 0 Å². The Hall–Kier alpha value is -0.930. The molecule has 0 N–H and O–H groups in total. The summed E-state index contributed by atoms with van der Waals surface area (Å²) in [6, 6.07) is 5.78. The highest BCUT2D eigenvalue weighted by Gasteiger charge is 2.15. The summed E-state index contributed by atoms with van der Waals surface area (Å²) in [5.74, 6) is 1.98. The Morgan fingerprint density at radius 2 is 2.28 bits per heavy atom. The van der Waals surface area contributed by atoms with Gasteiger partial charge in [0, 0.05) is 18.9 Å². The quantitative estimate of drug-likeness (QED) is 0.742. The molecule has 1 atom stereocenters. The maximum Gasteiger partial charge on any atom is 0.161 e. The smallest absolute Gasteiger partial charge is 0.161 e. The number of ether oxygens (including phenoxy) is 3. The van der Waals surface area contributed by atoms with Crippen molar-refractivity contribution in [3.63, 3.8) is 0 Å². The fraction of sp³-hybridized carbons (Fsp3) is 0.571. The van der Waals surface area contributed by atoms with Crippen molar-refractivity contribution in [3.8, 4) is 11.5 Å². The second-order valence-electron chi connectivity index (χ2n) is 4.39. The van der Waals surface area contributed by atoms with Crippen LogP contribution in [0.15, 0.2) is 18.2 Å². The van der Waals surface area contributed by atoms with Crippen molar-refractivity contribution in [2.24, 2.45) is 0 Å². The van der Waals surface area contributed by atoms with Gasteiger partial charge in [-0.1, -0.05) is 6.07 Å². The van der Waals surface area contributed by atoms with E-state index in [0.29, 0.717) is 18.6 Å². The molecule has 1 aromatic rings. The summed E-state index contributed by atoms with van der Waals surface area (Å²) < 4.78 is 16.6. The summed E-state index contributed by atoms with van der Waals surface area (Å²) >= 11 is 5.79. The Bertz CT molecular complexity index is 375. The van der Waals surface area contributed by atoms with Gasteiger partial charge in [-0.3, -0.25) is 0 Å². The molecule has 3 nitrogen and oxygen atoms in total. The normalized spacial score (nSPS) is 18.9. The first-order valence-electron chi connectivity index (χ1n) is 6.30. The van der Waals surface area contributed by atoms with Crippen LogP contribution in [0.5, 0.6) is 11.5 Å². The van der Waals surface area contributed by atoms with Crippen LogP contribution in [-0.2, 0) is 10.6 Å². The number of benzene rings is 1. The number of halogens is 1. The van der Waals surface area contributed by atoms with E-state index >= 15 is 0 Å². The zero-order chi connectivity index (χ0) is 12.8. The largest absolute Gasteiger partial charge is 0.493 e. The fourth-order valence-corrected chi connectivity index (χ4v) is 2.25. The van der Waals surface area contributed by atoms with Gasteiger partial charge in [0.1, 0.15) is 0 Å². The van der Waals surface area contributed by atoms with Crippen LogP contribution in [0.4, 0.5) is 0 Å². The maximum absolute atomic E-state index is 5.79. The molecule has 2 rings (SSSR count). The summed E-state index contributed by atoms with van der Waals surface area (Å²) in [5, 5.41) is 0. The lowest BCUT2D eigenvalue weighted by Crippen LogP contribution is -2.11. The minimum atomic E-state index is 0.359. The Labute approximate surface area is 113 Å². The van der Waals surface area contributed by atoms with E-state index in [1.54, 1.807) is 7.11 Å². The molecule has 1 unspecified atom stereocenters. The van der Waals surface area contributed by atoms with E-state index in [9.17, 15) is 0 Å². The first-order chi connectivity index (χ1) is 8.83. The molecule has 0 spiro atoms. The first-order valence-corrected chi connectivity index (χ1v) is 6.84. The van der Waals surface area contributed by atoms with Crippen LogP contribution in [0, 0.1) is 0 Å². The van der Waals surface area contributed by atoms with Crippen molar-refractivity contribution in [1.82, 2.24) is 0 Å². The molecule has 0 radical (unpaired) electrons. The molecule has 100 valence electrons. The highest BCUT2D eigenvalue weighted by molar-refractivity contribution is 6.17. The number of methoxy groups -OCH3 is 1. The first kappa shape index (κ1) is 13.5. The van der Waals surface area contributed by atoms with Gasteiger partial charge in [0.05, 0.1) is 19.8 Å². The van der Waals surface area contributed by atoms with Gasteiger partial charge in [0.15, 0.2) is 11.5 Å². The topological polar surface area (TPSA) is 27.7 Å². The van der Waals surface area contributed by atoms with Crippen LogP contribution >= 0.6 is 11.6 Å². The standard InChI is InChI=1S/C14H19ClO3/c1-16-14-9-11(10-15)4-5-13(14)18-8-6-12-3-2-7-17-12/h4-5,9,12H,2-3,6-8,10H2,1H3. The molecule has 0 bridgehead atoms.